The number of aromatic nitrogens is 1. The molecule has 9 heteroatoms. The number of oxazole rings is 1. The van der Waals surface area contributed by atoms with E-state index in [9.17, 15) is 13.2 Å². The Kier molecular flexibility index (Phi) is 6.93. The van der Waals surface area contributed by atoms with Crippen molar-refractivity contribution in [2.24, 2.45) is 0 Å². The van der Waals surface area contributed by atoms with Crippen molar-refractivity contribution in [1.29, 1.82) is 0 Å². The van der Waals surface area contributed by atoms with Gasteiger partial charge in [-0.1, -0.05) is 30.2 Å². The van der Waals surface area contributed by atoms with E-state index in [0.29, 0.717) is 36.2 Å². The third-order valence-electron chi connectivity index (χ3n) is 5.34. The van der Waals surface area contributed by atoms with E-state index in [0.717, 1.165) is 24.8 Å². The first-order valence-corrected chi connectivity index (χ1v) is 12.3. The van der Waals surface area contributed by atoms with Gasteiger partial charge >= 0.3 is 0 Å². The molecule has 1 fully saturated rings. The molecule has 0 spiro atoms. The Morgan fingerprint density at radius 3 is 2.53 bits per heavy atom. The smallest absolute Gasteiger partial charge is 0.245 e. The molecule has 1 saturated heterocycles. The summed E-state index contributed by atoms with van der Waals surface area (Å²) in [6.45, 7) is 1.01. The summed E-state index contributed by atoms with van der Waals surface area (Å²) in [5, 5.41) is 3.37. The first-order chi connectivity index (χ1) is 15.4. The number of rotatable bonds is 7. The second-order valence-electron chi connectivity index (χ2n) is 7.63. The van der Waals surface area contributed by atoms with Crippen LogP contribution in [0.1, 0.15) is 31.6 Å². The molecule has 168 valence electrons. The molecule has 7 nitrogen and oxygen atoms in total. The van der Waals surface area contributed by atoms with E-state index in [4.69, 9.17) is 16.0 Å². The van der Waals surface area contributed by atoms with Gasteiger partial charge in [-0.3, -0.25) is 4.79 Å². The lowest BCUT2D eigenvalue weighted by Crippen LogP contribution is -2.36. The Bertz CT molecular complexity index is 1190. The molecule has 1 aromatic heterocycles. The van der Waals surface area contributed by atoms with Crippen LogP contribution in [0.2, 0.25) is 5.02 Å². The van der Waals surface area contributed by atoms with Gasteiger partial charge < -0.3 is 9.73 Å². The molecule has 0 radical (unpaired) electrons. The van der Waals surface area contributed by atoms with Crippen LogP contribution in [-0.2, 0) is 21.2 Å². The normalized spacial score (nSPS) is 14.9. The Hall–Kier alpha value is -2.68. The monoisotopic (exact) mass is 473 g/mol. The zero-order valence-corrected chi connectivity index (χ0v) is 19.0. The van der Waals surface area contributed by atoms with Crippen molar-refractivity contribution >= 4 is 33.2 Å². The van der Waals surface area contributed by atoms with E-state index in [1.54, 1.807) is 36.5 Å². The fraction of sp³-hybridized carbons (Fsp3) is 0.304. The zero-order valence-electron chi connectivity index (χ0n) is 17.5. The van der Waals surface area contributed by atoms with Crippen molar-refractivity contribution in [1.82, 2.24) is 9.29 Å². The molecule has 2 heterocycles. The van der Waals surface area contributed by atoms with E-state index in [2.05, 4.69) is 10.3 Å². The highest BCUT2D eigenvalue weighted by atomic mass is 35.5. The van der Waals surface area contributed by atoms with Crippen molar-refractivity contribution < 1.29 is 17.6 Å². The Morgan fingerprint density at radius 2 is 1.78 bits per heavy atom. The van der Waals surface area contributed by atoms with Gasteiger partial charge in [-0.25, -0.2) is 13.4 Å². The number of sulfonamides is 1. The molecule has 1 amide bonds. The molecule has 1 N–H and O–H groups in total. The van der Waals surface area contributed by atoms with E-state index in [-0.39, 0.29) is 22.9 Å². The minimum absolute atomic E-state index is 0.110. The van der Waals surface area contributed by atoms with Gasteiger partial charge in [0.25, 0.3) is 0 Å². The van der Waals surface area contributed by atoms with Crippen LogP contribution in [0.4, 0.5) is 5.69 Å². The number of amides is 1. The van der Waals surface area contributed by atoms with E-state index in [1.807, 2.05) is 12.1 Å². The number of anilines is 1. The van der Waals surface area contributed by atoms with Crippen LogP contribution in [-0.4, -0.2) is 36.7 Å². The second kappa shape index (κ2) is 9.85. The molecule has 2 aromatic carbocycles. The standard InChI is InChI=1S/C23H24ClN3O4S/c24-18-10-8-17(9-11-18)20-16-25-23(31-20)13-12-22(28)26-19-6-2-3-7-21(19)32(29,30)27-14-4-1-5-15-27/h2-3,6-11,16H,1,4-5,12-15H2,(H,26,28). The highest BCUT2D eigenvalue weighted by Crippen LogP contribution is 2.27. The summed E-state index contributed by atoms with van der Waals surface area (Å²) in [5.74, 6) is 0.715. The molecule has 3 aromatic rings. The van der Waals surface area contributed by atoms with Crippen LogP contribution in [0.25, 0.3) is 11.3 Å². The number of hydrogen-bond donors (Lipinski definition) is 1. The van der Waals surface area contributed by atoms with Crippen molar-refractivity contribution in [2.45, 2.75) is 37.0 Å². The van der Waals surface area contributed by atoms with Crippen LogP contribution in [0.15, 0.2) is 64.0 Å². The van der Waals surface area contributed by atoms with Crippen molar-refractivity contribution in [3.63, 3.8) is 0 Å². The van der Waals surface area contributed by atoms with Gasteiger partial charge in [-0.05, 0) is 49.2 Å². The van der Waals surface area contributed by atoms with E-state index < -0.39 is 10.0 Å². The number of para-hydroxylation sites is 1. The third kappa shape index (κ3) is 5.20. The lowest BCUT2D eigenvalue weighted by atomic mass is 10.2. The maximum absolute atomic E-state index is 13.1. The van der Waals surface area contributed by atoms with Crippen molar-refractivity contribution in [3.05, 3.63) is 65.6 Å². The summed E-state index contributed by atoms with van der Waals surface area (Å²) < 4.78 is 33.4. The molecule has 0 bridgehead atoms. The van der Waals surface area contributed by atoms with Gasteiger partial charge in [0.15, 0.2) is 11.7 Å². The largest absolute Gasteiger partial charge is 0.441 e. The van der Waals surface area contributed by atoms with Gasteiger partial charge in [0.2, 0.25) is 15.9 Å². The van der Waals surface area contributed by atoms with Gasteiger partial charge in [0, 0.05) is 36.5 Å². The Morgan fingerprint density at radius 1 is 1.06 bits per heavy atom. The number of benzene rings is 2. The van der Waals surface area contributed by atoms with E-state index in [1.165, 1.54) is 10.4 Å². The molecule has 1 aliphatic heterocycles. The molecule has 0 aliphatic carbocycles. The summed E-state index contributed by atoms with van der Waals surface area (Å²) in [5.41, 5.74) is 1.13. The predicted molar refractivity (Wildman–Crippen MR) is 123 cm³/mol. The first kappa shape index (κ1) is 22.5. The van der Waals surface area contributed by atoms with Crippen molar-refractivity contribution in [3.8, 4) is 11.3 Å². The Balaban J connectivity index is 1.40. The number of nitrogens with zero attached hydrogens (tertiary/aromatic N) is 2. The topological polar surface area (TPSA) is 92.5 Å². The number of aryl methyl sites for hydroxylation is 1. The van der Waals surface area contributed by atoms with Gasteiger partial charge in [-0.2, -0.15) is 4.31 Å². The molecule has 1 aliphatic rings. The molecule has 0 atom stereocenters. The number of carbonyl (C=O) groups is 1. The Labute approximate surface area is 192 Å². The quantitative estimate of drug-likeness (QED) is 0.535. The maximum atomic E-state index is 13.1. The van der Waals surface area contributed by atoms with Gasteiger partial charge in [-0.15, -0.1) is 0 Å². The van der Waals surface area contributed by atoms with Crippen LogP contribution >= 0.6 is 11.6 Å². The molecule has 0 unspecified atom stereocenters. The lowest BCUT2D eigenvalue weighted by Gasteiger charge is -2.26. The number of piperidine rings is 1. The average Bonchev–Trinajstić information content (AvgIpc) is 3.28. The minimum Gasteiger partial charge on any atom is -0.441 e. The fourth-order valence-electron chi connectivity index (χ4n) is 3.65. The summed E-state index contributed by atoms with van der Waals surface area (Å²) in [4.78, 5) is 16.9. The highest BCUT2D eigenvalue weighted by Gasteiger charge is 2.28. The molecule has 0 saturated carbocycles. The van der Waals surface area contributed by atoms with Crippen LogP contribution in [0.3, 0.4) is 0 Å². The minimum atomic E-state index is -3.66. The summed E-state index contributed by atoms with van der Waals surface area (Å²) in [7, 11) is -3.66. The van der Waals surface area contributed by atoms with Crippen LogP contribution in [0.5, 0.6) is 0 Å². The molecular weight excluding hydrogens is 450 g/mol. The maximum Gasteiger partial charge on any atom is 0.245 e. The molecule has 32 heavy (non-hydrogen) atoms. The average molecular weight is 474 g/mol. The predicted octanol–water partition coefficient (Wildman–Crippen LogP) is 4.74. The second-order valence-corrected chi connectivity index (χ2v) is 9.98. The van der Waals surface area contributed by atoms with Crippen molar-refractivity contribution in [2.75, 3.05) is 18.4 Å². The fourth-order valence-corrected chi connectivity index (χ4v) is 5.44. The number of hydrogen-bond acceptors (Lipinski definition) is 5. The van der Waals surface area contributed by atoms with Gasteiger partial charge in [0.05, 0.1) is 11.9 Å². The van der Waals surface area contributed by atoms with Gasteiger partial charge in [0.1, 0.15) is 4.90 Å². The van der Waals surface area contributed by atoms with Crippen LogP contribution < -0.4 is 5.32 Å². The summed E-state index contributed by atoms with van der Waals surface area (Å²) >= 11 is 5.91. The number of carbonyl (C=O) groups excluding carboxylic acids is 1. The summed E-state index contributed by atoms with van der Waals surface area (Å²) in [6, 6.07) is 13.7. The lowest BCUT2D eigenvalue weighted by molar-refractivity contribution is -0.116. The number of nitrogens with one attached hydrogen (secondary N) is 1. The third-order valence-corrected chi connectivity index (χ3v) is 7.55. The van der Waals surface area contributed by atoms with E-state index >= 15 is 0 Å². The number of halogens is 1. The summed E-state index contributed by atoms with van der Waals surface area (Å²) in [6.07, 6.45) is 4.74. The molecular formula is C23H24ClN3O4S. The van der Waals surface area contributed by atoms with Crippen LogP contribution in [0, 0.1) is 0 Å². The highest BCUT2D eigenvalue weighted by molar-refractivity contribution is 7.89. The molecule has 4 rings (SSSR count). The zero-order chi connectivity index (χ0) is 22.6. The SMILES string of the molecule is O=C(CCc1ncc(-c2ccc(Cl)cc2)o1)Nc1ccccc1S(=O)(=O)N1CCCCC1. The first-order valence-electron chi connectivity index (χ1n) is 10.5.